The first-order valence-corrected chi connectivity index (χ1v) is 35.2. The van der Waals surface area contributed by atoms with Crippen molar-refractivity contribution in [3.05, 3.63) is 47.6 Å². The number of hydrogen-bond donors (Lipinski definition) is 4. The number of Topliss-reactive ketones (excluding diaryl/α,β-unsaturated/α-hetero) is 3. The van der Waals surface area contributed by atoms with Crippen molar-refractivity contribution in [1.82, 2.24) is 10.2 Å². The number of allylic oxidation sites excluding steroid dienone is 5. The molecule has 2 amide bonds. The molecule has 0 aromatic carbocycles. The number of piperidine rings is 1. The van der Waals surface area contributed by atoms with E-state index in [1.165, 1.54) is 18.9 Å². The van der Waals surface area contributed by atoms with Crippen LogP contribution in [0.25, 0.3) is 0 Å². The lowest BCUT2D eigenvalue weighted by molar-refractivity contribution is -0.265. The van der Waals surface area contributed by atoms with E-state index in [0.29, 0.717) is 156 Å². The molecule has 16 atom stereocenters. The van der Waals surface area contributed by atoms with E-state index >= 15 is 0 Å². The number of aliphatic hydroxyl groups excluding tert-OH is 2. The van der Waals surface area contributed by atoms with E-state index in [9.17, 15) is 44.1 Å². The molecule has 3 heterocycles. The Hall–Kier alpha value is -4.42. The molecule has 3 aliphatic heterocycles. The van der Waals surface area contributed by atoms with Crippen LogP contribution in [0.4, 0.5) is 4.79 Å². The van der Waals surface area contributed by atoms with E-state index in [1.807, 2.05) is 58.1 Å². The highest BCUT2D eigenvalue weighted by Gasteiger charge is 2.53. The number of fused-ring (bicyclic) bond motifs is 3. The Kier molecular flexibility index (Phi) is 41.7. The summed E-state index contributed by atoms with van der Waals surface area (Å²) in [6.07, 6.45) is 9.11. The van der Waals surface area contributed by atoms with Crippen LogP contribution >= 0.6 is 0 Å². The summed E-state index contributed by atoms with van der Waals surface area (Å²) in [4.78, 5) is 84.3. The second-order valence-electron chi connectivity index (χ2n) is 26.4. The van der Waals surface area contributed by atoms with Crippen molar-refractivity contribution in [2.75, 3.05) is 140 Å². The van der Waals surface area contributed by atoms with Gasteiger partial charge in [0.05, 0.1) is 130 Å². The number of carbonyl (C=O) groups is 6. The minimum atomic E-state index is -2.48. The fourth-order valence-corrected chi connectivity index (χ4v) is 12.7. The molecule has 0 aromatic rings. The van der Waals surface area contributed by atoms with Gasteiger partial charge in [0.15, 0.2) is 5.78 Å². The van der Waals surface area contributed by atoms with Crippen molar-refractivity contribution in [2.45, 2.75) is 200 Å². The Balaban J connectivity index is 1.44. The number of nitrogens with zero attached hydrogens (tertiary/aromatic N) is 1. The van der Waals surface area contributed by atoms with Gasteiger partial charge in [0.25, 0.3) is 11.7 Å². The lowest BCUT2D eigenvalue weighted by atomic mass is 9.78. The Morgan fingerprint density at radius 3 is 1.82 bits per heavy atom. The molecule has 0 unspecified atom stereocenters. The number of alkyl carbamates (subject to hydrolysis) is 1. The van der Waals surface area contributed by atoms with E-state index < -0.39 is 108 Å². The predicted octanol–water partition coefficient (Wildman–Crippen LogP) is 6.82. The van der Waals surface area contributed by atoms with Crippen LogP contribution in [0.3, 0.4) is 0 Å². The van der Waals surface area contributed by atoms with Crippen LogP contribution in [0.15, 0.2) is 47.6 Å². The lowest BCUT2D eigenvalue weighted by Crippen LogP contribution is -2.61. The summed E-state index contributed by atoms with van der Waals surface area (Å²) in [7, 11) is 4.51. The molecule has 4 rings (SSSR count). The number of methoxy groups -OCH3 is 3. The molecule has 1 aliphatic carbocycles. The maximum absolute atomic E-state index is 15.0. The molecule has 556 valence electrons. The van der Waals surface area contributed by atoms with E-state index in [2.05, 4.69) is 5.32 Å². The van der Waals surface area contributed by atoms with Crippen LogP contribution in [-0.4, -0.2) is 256 Å². The zero-order valence-electron chi connectivity index (χ0n) is 60.0. The van der Waals surface area contributed by atoms with Gasteiger partial charge in [-0.05, 0) is 114 Å². The predicted molar refractivity (Wildman–Crippen MR) is 360 cm³/mol. The lowest BCUT2D eigenvalue weighted by Gasteiger charge is -2.43. The molecule has 25 nitrogen and oxygen atoms in total. The second-order valence-corrected chi connectivity index (χ2v) is 26.4. The number of esters is 1. The number of cyclic esters (lactones) is 1. The summed E-state index contributed by atoms with van der Waals surface area (Å²) in [5.41, 5.74) is 1.24. The van der Waals surface area contributed by atoms with Crippen molar-refractivity contribution in [1.29, 1.82) is 0 Å². The SMILES string of the molecule is CO[C@H]1C[C@@H]2CC[C@@H](C)[C@@](O)(O2)C(=O)C(=O)N2CCCC[C@H]2C(=O)O[C@H]([C@H](C)C[C@@H]2CC[C@@H](O)[C@H](OC)C2)C[C@@H](OC(=O)NCCOCCOCCOCCOCCOCCOCCOCCOCCC(C)=O)[C@H](C)/C=C(\C)[C@@H](O)[C@@H](OC)C(=O)[C@H](C)C[C@H](C)/C=C/C=C/C=C/1C. The van der Waals surface area contributed by atoms with E-state index in [1.54, 1.807) is 41.1 Å². The second kappa shape index (κ2) is 47.6. The first kappa shape index (κ1) is 85.0. The van der Waals surface area contributed by atoms with E-state index in [-0.39, 0.29) is 75.6 Å². The normalized spacial score (nSPS) is 31.6. The van der Waals surface area contributed by atoms with Gasteiger partial charge >= 0.3 is 12.1 Å². The zero-order chi connectivity index (χ0) is 71.1. The number of amides is 2. The van der Waals surface area contributed by atoms with Gasteiger partial charge in [-0.15, -0.1) is 0 Å². The Morgan fingerprint density at radius 2 is 1.26 bits per heavy atom. The summed E-state index contributed by atoms with van der Waals surface area (Å²) in [5.74, 6) is -8.00. The van der Waals surface area contributed by atoms with Crippen molar-refractivity contribution in [3.63, 3.8) is 0 Å². The van der Waals surface area contributed by atoms with Gasteiger partial charge in [0.1, 0.15) is 36.2 Å². The van der Waals surface area contributed by atoms with Crippen molar-refractivity contribution in [3.8, 4) is 0 Å². The standard InChI is InChI=1S/C72H120N2O23/c1-49-17-13-12-14-18-50(2)61(84-9)47-58-22-20-55(7)72(83,97-58)68(79)69(80)74-26-16-15-19-59(74)70(81)95-62(52(4)45-57-21-23-60(76)64(46-57)85-10)48-63(51(3)44-54(6)66(78)67(86-11)65(77)53(5)43-49)96-71(82)73-25-28-88-30-32-90-34-36-92-38-40-94-42-41-93-39-37-91-35-33-89-31-29-87-27-24-56(8)75/h12-14,17-18,44,49,51-53,55,57-64,66-67,76,78,83H,15-16,19-43,45-48H2,1-11H3,(H,73,82)/b14-12+,17-13+,50-18+,54-44+/t49-,51-,52-,53-,55-,57+,58+,59+,60-,61+,62+,63-,64-,66-,67+,72-/m1/s1. The molecule has 4 aliphatic rings. The highest BCUT2D eigenvalue weighted by atomic mass is 16.6. The highest BCUT2D eigenvalue weighted by Crippen LogP contribution is 2.38. The van der Waals surface area contributed by atoms with Crippen LogP contribution in [0, 0.1) is 35.5 Å². The van der Waals surface area contributed by atoms with Crippen molar-refractivity contribution in [2.24, 2.45) is 35.5 Å². The Labute approximate surface area is 576 Å². The number of aliphatic hydroxyl groups is 3. The number of ketones is 3. The topological polar surface area (TPSA) is 308 Å². The van der Waals surface area contributed by atoms with Crippen LogP contribution in [-0.2, 0) is 90.3 Å². The quantitative estimate of drug-likeness (QED) is 0.0222. The number of ether oxygens (including phenoxy) is 14. The van der Waals surface area contributed by atoms with Gasteiger partial charge in [0.2, 0.25) is 5.79 Å². The number of rotatable bonds is 34. The molecule has 3 fully saturated rings. The minimum Gasteiger partial charge on any atom is -0.460 e. The van der Waals surface area contributed by atoms with E-state index in [4.69, 9.17) is 66.3 Å². The van der Waals surface area contributed by atoms with Gasteiger partial charge in [-0.2, -0.15) is 0 Å². The van der Waals surface area contributed by atoms with Gasteiger partial charge in [-0.25, -0.2) is 9.59 Å². The summed E-state index contributed by atoms with van der Waals surface area (Å²) in [5, 5.41) is 37.6. The van der Waals surface area contributed by atoms with Crippen LogP contribution in [0.1, 0.15) is 139 Å². The third-order valence-corrected chi connectivity index (χ3v) is 18.6. The molecule has 2 saturated heterocycles. The number of hydrogen-bond acceptors (Lipinski definition) is 23. The molecule has 0 spiro atoms. The largest absolute Gasteiger partial charge is 0.460 e. The first-order chi connectivity index (χ1) is 46.5. The molecule has 0 radical (unpaired) electrons. The maximum Gasteiger partial charge on any atom is 0.407 e. The molecule has 25 heteroatoms. The van der Waals surface area contributed by atoms with Crippen LogP contribution in [0.5, 0.6) is 0 Å². The molecule has 2 bridgehead atoms. The molecular formula is C72H120N2O23. The van der Waals surface area contributed by atoms with Gasteiger partial charge < -0.3 is 91.9 Å². The molecule has 97 heavy (non-hydrogen) atoms. The summed E-state index contributed by atoms with van der Waals surface area (Å²) in [6.45, 7) is 20.3. The number of nitrogens with one attached hydrogen (secondary N) is 1. The average molecular weight is 1380 g/mol. The van der Waals surface area contributed by atoms with Gasteiger partial charge in [-0.3, -0.25) is 19.2 Å². The van der Waals surface area contributed by atoms with E-state index in [0.717, 1.165) is 5.57 Å². The third-order valence-electron chi connectivity index (χ3n) is 18.6. The maximum atomic E-state index is 15.0. The monoisotopic (exact) mass is 1380 g/mol. The Morgan fingerprint density at radius 1 is 0.670 bits per heavy atom. The fourth-order valence-electron chi connectivity index (χ4n) is 12.7. The summed E-state index contributed by atoms with van der Waals surface area (Å²) >= 11 is 0. The molecular weight excluding hydrogens is 1260 g/mol. The van der Waals surface area contributed by atoms with Crippen LogP contribution < -0.4 is 5.32 Å². The molecule has 1 saturated carbocycles. The molecule has 0 aromatic heterocycles. The minimum absolute atomic E-state index is 0.0318. The van der Waals surface area contributed by atoms with Gasteiger partial charge in [0, 0.05) is 71.4 Å². The molecule has 4 N–H and O–H groups in total. The summed E-state index contributed by atoms with van der Waals surface area (Å²) in [6, 6.07) is -1.21. The fraction of sp³-hybridized carbons (Fsp3) is 0.806. The van der Waals surface area contributed by atoms with Crippen molar-refractivity contribution < 1.29 is 110 Å². The van der Waals surface area contributed by atoms with Crippen molar-refractivity contribution >= 4 is 35.3 Å². The Bertz CT molecular complexity index is 2420. The summed E-state index contributed by atoms with van der Waals surface area (Å²) < 4.78 is 80.7. The first-order valence-electron chi connectivity index (χ1n) is 35.2. The highest BCUT2D eigenvalue weighted by molar-refractivity contribution is 6.39. The zero-order valence-corrected chi connectivity index (χ0v) is 60.0. The van der Waals surface area contributed by atoms with Gasteiger partial charge in [-0.1, -0.05) is 71.1 Å². The smallest absolute Gasteiger partial charge is 0.407 e. The van der Waals surface area contributed by atoms with Crippen LogP contribution in [0.2, 0.25) is 0 Å². The third kappa shape index (κ3) is 31.2. The number of carbonyl (C=O) groups excluding carboxylic acids is 6. The average Bonchev–Trinajstić information content (AvgIpc) is 0.777.